The normalized spacial score (nSPS) is 17.0. The van der Waals surface area contributed by atoms with Gasteiger partial charge in [0.2, 0.25) is 0 Å². The maximum atomic E-state index is 12.5. The first-order valence-electron chi connectivity index (χ1n) is 7.82. The smallest absolute Gasteiger partial charge is 0.253 e. The Morgan fingerprint density at radius 3 is 2.77 bits per heavy atom. The van der Waals surface area contributed by atoms with E-state index < -0.39 is 0 Å². The molecule has 0 spiro atoms. The van der Waals surface area contributed by atoms with Gasteiger partial charge in [-0.15, -0.1) is 12.4 Å². The van der Waals surface area contributed by atoms with Crippen molar-refractivity contribution in [1.82, 2.24) is 9.88 Å². The quantitative estimate of drug-likeness (QED) is 0.913. The van der Waals surface area contributed by atoms with Gasteiger partial charge in [0.1, 0.15) is 0 Å². The second-order valence-corrected chi connectivity index (χ2v) is 5.82. The first-order chi connectivity index (χ1) is 10.1. The highest BCUT2D eigenvalue weighted by Gasteiger charge is 2.21. The molecule has 3 rings (SSSR count). The van der Waals surface area contributed by atoms with Gasteiger partial charge in [-0.2, -0.15) is 0 Å². The predicted octanol–water partition coefficient (Wildman–Crippen LogP) is 2.89. The summed E-state index contributed by atoms with van der Waals surface area (Å²) in [6.45, 7) is 5.50. The number of nitrogens with zero attached hydrogens (tertiary/aromatic N) is 1. The first-order valence-corrected chi connectivity index (χ1v) is 7.82. The van der Waals surface area contributed by atoms with E-state index in [-0.39, 0.29) is 24.4 Å². The fourth-order valence-corrected chi connectivity index (χ4v) is 3.27. The van der Waals surface area contributed by atoms with Crippen molar-refractivity contribution in [3.63, 3.8) is 0 Å². The average molecular weight is 322 g/mol. The van der Waals surface area contributed by atoms with Crippen LogP contribution in [0.15, 0.2) is 18.2 Å². The molecular formula is C17H24ClN3O. The number of amides is 1. The first kappa shape index (κ1) is 16.8. The second-order valence-electron chi connectivity index (χ2n) is 5.82. The fourth-order valence-electron chi connectivity index (χ4n) is 3.27. The summed E-state index contributed by atoms with van der Waals surface area (Å²) in [4.78, 5) is 17.8. The molecular weight excluding hydrogens is 298 g/mol. The highest BCUT2D eigenvalue weighted by Crippen LogP contribution is 2.29. The van der Waals surface area contributed by atoms with E-state index in [9.17, 15) is 4.79 Å². The fraction of sp³-hybridized carbons (Fsp3) is 0.471. The molecule has 2 aromatic rings. The van der Waals surface area contributed by atoms with Crippen molar-refractivity contribution in [2.24, 2.45) is 5.73 Å². The van der Waals surface area contributed by atoms with Crippen LogP contribution in [0.25, 0.3) is 10.9 Å². The van der Waals surface area contributed by atoms with Crippen LogP contribution in [0.2, 0.25) is 0 Å². The van der Waals surface area contributed by atoms with E-state index in [4.69, 9.17) is 5.73 Å². The molecule has 1 aliphatic carbocycles. The molecule has 5 heteroatoms. The molecule has 4 nitrogen and oxygen atoms in total. The second kappa shape index (κ2) is 6.71. The Bertz CT molecular complexity index is 676. The zero-order valence-electron chi connectivity index (χ0n) is 13.2. The molecule has 0 saturated carbocycles. The van der Waals surface area contributed by atoms with Crippen LogP contribution in [0.5, 0.6) is 0 Å². The van der Waals surface area contributed by atoms with Crippen molar-refractivity contribution in [2.75, 3.05) is 13.1 Å². The van der Waals surface area contributed by atoms with Crippen molar-refractivity contribution < 1.29 is 4.79 Å². The van der Waals surface area contributed by atoms with Gasteiger partial charge in [0.15, 0.2) is 0 Å². The highest BCUT2D eigenvalue weighted by molar-refractivity contribution is 5.99. The summed E-state index contributed by atoms with van der Waals surface area (Å²) in [5.74, 6) is 0.108. The maximum absolute atomic E-state index is 12.5. The molecule has 1 aromatic heterocycles. The van der Waals surface area contributed by atoms with E-state index in [1.165, 1.54) is 11.3 Å². The van der Waals surface area contributed by atoms with Crippen molar-refractivity contribution in [3.8, 4) is 0 Å². The van der Waals surface area contributed by atoms with Crippen LogP contribution in [-0.4, -0.2) is 34.9 Å². The molecule has 1 aliphatic rings. The number of fused-ring (bicyclic) bond motifs is 3. The van der Waals surface area contributed by atoms with Crippen molar-refractivity contribution in [3.05, 3.63) is 35.0 Å². The Hall–Kier alpha value is -1.52. The molecule has 1 heterocycles. The van der Waals surface area contributed by atoms with Crippen molar-refractivity contribution in [1.29, 1.82) is 0 Å². The Labute approximate surface area is 137 Å². The van der Waals surface area contributed by atoms with Crippen LogP contribution in [-0.2, 0) is 12.8 Å². The zero-order valence-corrected chi connectivity index (χ0v) is 14.0. The van der Waals surface area contributed by atoms with Gasteiger partial charge in [0.25, 0.3) is 5.91 Å². The van der Waals surface area contributed by atoms with Gasteiger partial charge in [-0.25, -0.2) is 0 Å². The lowest BCUT2D eigenvalue weighted by Crippen LogP contribution is -2.30. The molecule has 22 heavy (non-hydrogen) atoms. The number of hydrogen-bond acceptors (Lipinski definition) is 2. The van der Waals surface area contributed by atoms with Crippen LogP contribution >= 0.6 is 12.4 Å². The van der Waals surface area contributed by atoms with Crippen LogP contribution < -0.4 is 5.73 Å². The minimum Gasteiger partial charge on any atom is -0.358 e. The molecule has 1 amide bonds. The summed E-state index contributed by atoms with van der Waals surface area (Å²) in [7, 11) is 0. The molecule has 1 unspecified atom stereocenters. The van der Waals surface area contributed by atoms with Crippen LogP contribution in [0.3, 0.4) is 0 Å². The SMILES string of the molecule is CCN(CC)C(=O)c1ccc2[nH]c3c(c2c1)CC(N)CC3.Cl. The van der Waals surface area contributed by atoms with Gasteiger partial charge in [-0.3, -0.25) is 4.79 Å². The third kappa shape index (κ3) is 2.85. The van der Waals surface area contributed by atoms with E-state index in [0.717, 1.165) is 48.8 Å². The van der Waals surface area contributed by atoms with E-state index in [1.54, 1.807) is 0 Å². The number of benzene rings is 1. The third-order valence-electron chi connectivity index (χ3n) is 4.52. The molecule has 3 N–H and O–H groups in total. The lowest BCUT2D eigenvalue weighted by atomic mass is 9.92. The summed E-state index contributed by atoms with van der Waals surface area (Å²) < 4.78 is 0. The van der Waals surface area contributed by atoms with Gasteiger partial charge in [0.05, 0.1) is 0 Å². The molecule has 0 bridgehead atoms. The average Bonchev–Trinajstić information content (AvgIpc) is 2.85. The minimum absolute atomic E-state index is 0. The molecule has 1 aromatic carbocycles. The van der Waals surface area contributed by atoms with E-state index in [0.29, 0.717) is 0 Å². The van der Waals surface area contributed by atoms with Gasteiger partial charge in [-0.1, -0.05) is 0 Å². The van der Waals surface area contributed by atoms with Gasteiger partial charge in [0, 0.05) is 41.3 Å². The molecule has 0 aliphatic heterocycles. The number of aromatic amines is 1. The number of H-pyrrole nitrogens is 1. The third-order valence-corrected chi connectivity index (χ3v) is 4.52. The number of nitrogens with two attached hydrogens (primary N) is 1. The number of nitrogens with one attached hydrogen (secondary N) is 1. The Morgan fingerprint density at radius 1 is 1.36 bits per heavy atom. The summed E-state index contributed by atoms with van der Waals surface area (Å²) in [6.07, 6.45) is 2.94. The molecule has 0 saturated heterocycles. The summed E-state index contributed by atoms with van der Waals surface area (Å²) in [5.41, 5.74) is 10.6. The van der Waals surface area contributed by atoms with Crippen molar-refractivity contribution in [2.45, 2.75) is 39.2 Å². The minimum atomic E-state index is 0. The molecule has 0 radical (unpaired) electrons. The maximum Gasteiger partial charge on any atom is 0.253 e. The van der Waals surface area contributed by atoms with E-state index in [2.05, 4.69) is 4.98 Å². The Balaban J connectivity index is 0.00000176. The predicted molar refractivity (Wildman–Crippen MR) is 92.8 cm³/mol. The van der Waals surface area contributed by atoms with E-state index >= 15 is 0 Å². The topological polar surface area (TPSA) is 62.1 Å². The molecule has 1 atom stereocenters. The monoisotopic (exact) mass is 321 g/mol. The number of carbonyl (C=O) groups is 1. The van der Waals surface area contributed by atoms with Gasteiger partial charge < -0.3 is 15.6 Å². The number of aromatic nitrogens is 1. The number of carbonyl (C=O) groups excluding carboxylic acids is 1. The Morgan fingerprint density at radius 2 is 2.09 bits per heavy atom. The summed E-state index contributed by atoms with van der Waals surface area (Å²) in [6, 6.07) is 6.21. The standard InChI is InChI=1S/C17H23N3O.ClH/c1-3-20(4-2)17(21)11-5-7-15-13(9-11)14-10-12(18)6-8-16(14)19-15;/h5,7,9,12,19H,3-4,6,8,10,18H2,1-2H3;1H. The number of aryl methyl sites for hydroxylation is 1. The van der Waals surface area contributed by atoms with Crippen LogP contribution in [0, 0.1) is 0 Å². The molecule has 120 valence electrons. The highest BCUT2D eigenvalue weighted by atomic mass is 35.5. The lowest BCUT2D eigenvalue weighted by molar-refractivity contribution is 0.0773. The zero-order chi connectivity index (χ0) is 15.0. The van der Waals surface area contributed by atoms with Crippen LogP contribution in [0.1, 0.15) is 41.9 Å². The van der Waals surface area contributed by atoms with Crippen LogP contribution in [0.4, 0.5) is 0 Å². The Kier molecular flexibility index (Phi) is 5.14. The summed E-state index contributed by atoms with van der Waals surface area (Å²) >= 11 is 0. The van der Waals surface area contributed by atoms with E-state index in [1.807, 2.05) is 36.9 Å². The summed E-state index contributed by atoms with van der Waals surface area (Å²) in [5, 5.41) is 1.16. The number of rotatable bonds is 3. The van der Waals surface area contributed by atoms with Crippen molar-refractivity contribution >= 4 is 29.2 Å². The lowest BCUT2D eigenvalue weighted by Gasteiger charge is -2.19. The number of halogens is 1. The molecule has 0 fully saturated rings. The van der Waals surface area contributed by atoms with Gasteiger partial charge in [-0.05, 0) is 56.9 Å². The van der Waals surface area contributed by atoms with Gasteiger partial charge >= 0.3 is 0 Å². The number of hydrogen-bond donors (Lipinski definition) is 2. The largest absolute Gasteiger partial charge is 0.358 e.